The van der Waals surface area contributed by atoms with Crippen LogP contribution in [0.3, 0.4) is 0 Å². The molecule has 0 aliphatic carbocycles. The second kappa shape index (κ2) is 8.02. The van der Waals surface area contributed by atoms with Crippen LogP contribution in [0.4, 0.5) is 11.5 Å². The van der Waals surface area contributed by atoms with Crippen molar-refractivity contribution in [3.63, 3.8) is 0 Å². The molecule has 1 N–H and O–H groups in total. The average molecular weight is 341 g/mol. The largest absolute Gasteiger partial charge is 0.368 e. The lowest BCUT2D eigenvalue weighted by Gasteiger charge is -2.33. The summed E-state index contributed by atoms with van der Waals surface area (Å²) in [6, 6.07) is 5.85. The molecule has 0 radical (unpaired) electrons. The molecule has 7 heteroatoms. The van der Waals surface area contributed by atoms with E-state index < -0.39 is 4.92 Å². The Balaban J connectivity index is 1.44. The first-order valence-electron chi connectivity index (χ1n) is 8.62. The molecule has 0 bridgehead atoms. The number of anilines is 1. The van der Waals surface area contributed by atoms with Crippen molar-refractivity contribution in [2.45, 2.75) is 32.2 Å². The Bertz CT molecular complexity index is 712. The van der Waals surface area contributed by atoms with Gasteiger partial charge in [-0.15, -0.1) is 0 Å². The fourth-order valence-electron chi connectivity index (χ4n) is 3.21. The number of aromatic nitrogens is 2. The van der Waals surface area contributed by atoms with Crippen molar-refractivity contribution in [3.8, 4) is 0 Å². The number of rotatable bonds is 6. The van der Waals surface area contributed by atoms with Crippen molar-refractivity contribution in [2.75, 3.05) is 24.5 Å². The minimum absolute atomic E-state index is 0.105. The molecule has 0 amide bonds. The van der Waals surface area contributed by atoms with Gasteiger partial charge in [-0.05, 0) is 65.9 Å². The van der Waals surface area contributed by atoms with Crippen molar-refractivity contribution in [1.82, 2.24) is 15.3 Å². The molecular formula is C18H23N5O2. The van der Waals surface area contributed by atoms with Gasteiger partial charge in [0.05, 0.1) is 5.69 Å². The molecule has 0 unspecified atom stereocenters. The minimum Gasteiger partial charge on any atom is -0.368 e. The first-order chi connectivity index (χ1) is 12.1. The van der Waals surface area contributed by atoms with Crippen LogP contribution < -0.4 is 10.2 Å². The summed E-state index contributed by atoms with van der Waals surface area (Å²) < 4.78 is 0. The van der Waals surface area contributed by atoms with Crippen molar-refractivity contribution in [2.24, 2.45) is 0 Å². The molecule has 2 aromatic heterocycles. The summed E-state index contributed by atoms with van der Waals surface area (Å²) in [5.74, 6) is -0.105. The Labute approximate surface area is 147 Å². The first-order valence-corrected chi connectivity index (χ1v) is 8.62. The van der Waals surface area contributed by atoms with Gasteiger partial charge in [0.1, 0.15) is 0 Å². The summed E-state index contributed by atoms with van der Waals surface area (Å²) in [5.41, 5.74) is 3.54. The molecule has 3 rings (SSSR count). The van der Waals surface area contributed by atoms with E-state index in [2.05, 4.69) is 33.2 Å². The van der Waals surface area contributed by atoms with E-state index in [4.69, 9.17) is 0 Å². The molecule has 1 fully saturated rings. The lowest BCUT2D eigenvalue weighted by Crippen LogP contribution is -2.43. The molecule has 0 saturated carbocycles. The summed E-state index contributed by atoms with van der Waals surface area (Å²) in [4.78, 5) is 20.5. The Morgan fingerprint density at radius 1 is 1.28 bits per heavy atom. The number of aryl methyl sites for hydroxylation is 1. The molecule has 2 aromatic rings. The number of nitro groups is 1. The number of pyridine rings is 2. The van der Waals surface area contributed by atoms with E-state index >= 15 is 0 Å². The zero-order valence-corrected chi connectivity index (χ0v) is 14.4. The van der Waals surface area contributed by atoms with Gasteiger partial charge in [-0.2, -0.15) is 0 Å². The Kier molecular flexibility index (Phi) is 5.55. The van der Waals surface area contributed by atoms with Gasteiger partial charge in [0.15, 0.2) is 6.20 Å². The molecular weight excluding hydrogens is 318 g/mol. The summed E-state index contributed by atoms with van der Waals surface area (Å²) in [6.07, 6.45) is 8.49. The number of hydrogen-bond donors (Lipinski definition) is 1. The molecule has 1 aliphatic rings. The topological polar surface area (TPSA) is 84.2 Å². The Morgan fingerprint density at radius 3 is 2.72 bits per heavy atom. The number of nitrogens with zero attached hydrogens (tertiary/aromatic N) is 4. The van der Waals surface area contributed by atoms with Crippen molar-refractivity contribution >= 4 is 11.5 Å². The quantitative estimate of drug-likeness (QED) is 0.642. The van der Waals surface area contributed by atoms with Gasteiger partial charge in [-0.3, -0.25) is 4.98 Å². The zero-order chi connectivity index (χ0) is 17.6. The highest BCUT2D eigenvalue weighted by Crippen LogP contribution is 2.21. The summed E-state index contributed by atoms with van der Waals surface area (Å²) in [7, 11) is 0. The second-order valence-electron chi connectivity index (χ2n) is 6.40. The van der Waals surface area contributed by atoms with Crippen LogP contribution in [0.5, 0.6) is 0 Å². The lowest BCUT2D eigenvalue weighted by molar-refractivity contribution is -0.389. The summed E-state index contributed by atoms with van der Waals surface area (Å²) >= 11 is 0. The molecule has 7 nitrogen and oxygen atoms in total. The third-order valence-electron chi connectivity index (χ3n) is 4.74. The van der Waals surface area contributed by atoms with E-state index in [-0.39, 0.29) is 5.82 Å². The fourth-order valence-corrected chi connectivity index (χ4v) is 3.21. The highest BCUT2D eigenvalue weighted by atomic mass is 16.6. The predicted octanol–water partition coefficient (Wildman–Crippen LogP) is 2.49. The fraction of sp³-hybridized carbons (Fsp3) is 0.444. The maximum Gasteiger partial charge on any atom is 0.363 e. The van der Waals surface area contributed by atoms with Crippen LogP contribution in [-0.4, -0.2) is 40.6 Å². The van der Waals surface area contributed by atoms with E-state index in [0.717, 1.165) is 44.6 Å². The zero-order valence-electron chi connectivity index (χ0n) is 14.4. The van der Waals surface area contributed by atoms with Crippen LogP contribution in [0.15, 0.2) is 36.8 Å². The van der Waals surface area contributed by atoms with Crippen LogP contribution in [-0.2, 0) is 6.42 Å². The maximum absolute atomic E-state index is 10.7. The van der Waals surface area contributed by atoms with Crippen LogP contribution in [0.1, 0.15) is 24.0 Å². The third kappa shape index (κ3) is 4.51. The van der Waals surface area contributed by atoms with Crippen LogP contribution in [0.2, 0.25) is 0 Å². The van der Waals surface area contributed by atoms with E-state index in [0.29, 0.717) is 6.04 Å². The highest BCUT2D eigenvalue weighted by molar-refractivity contribution is 5.46. The van der Waals surface area contributed by atoms with E-state index in [9.17, 15) is 10.1 Å². The van der Waals surface area contributed by atoms with Crippen molar-refractivity contribution < 1.29 is 4.92 Å². The van der Waals surface area contributed by atoms with Crippen molar-refractivity contribution in [1.29, 1.82) is 0 Å². The van der Waals surface area contributed by atoms with E-state index in [1.165, 1.54) is 17.2 Å². The number of nitrogens with one attached hydrogen (secondary N) is 1. The second-order valence-corrected chi connectivity index (χ2v) is 6.40. The van der Waals surface area contributed by atoms with Gasteiger partial charge < -0.3 is 20.3 Å². The Morgan fingerprint density at radius 2 is 2.08 bits per heavy atom. The Hall–Kier alpha value is -2.54. The van der Waals surface area contributed by atoms with Gasteiger partial charge in [-0.25, -0.2) is 0 Å². The van der Waals surface area contributed by atoms with Crippen LogP contribution in [0.25, 0.3) is 0 Å². The van der Waals surface area contributed by atoms with E-state index in [1.807, 2.05) is 12.4 Å². The minimum atomic E-state index is -0.468. The molecule has 0 aromatic carbocycles. The normalized spacial score (nSPS) is 15.3. The molecule has 1 saturated heterocycles. The number of piperidine rings is 1. The number of hydrogen-bond acceptors (Lipinski definition) is 6. The van der Waals surface area contributed by atoms with Crippen LogP contribution in [0, 0.1) is 17.0 Å². The van der Waals surface area contributed by atoms with E-state index in [1.54, 1.807) is 12.3 Å². The highest BCUT2D eigenvalue weighted by Gasteiger charge is 2.20. The maximum atomic E-state index is 10.7. The molecule has 0 atom stereocenters. The molecule has 132 valence electrons. The van der Waals surface area contributed by atoms with Gasteiger partial charge in [0, 0.05) is 37.6 Å². The molecule has 0 spiro atoms. The van der Waals surface area contributed by atoms with Gasteiger partial charge in [0.25, 0.3) is 0 Å². The lowest BCUT2D eigenvalue weighted by atomic mass is 10.0. The SMILES string of the molecule is Cc1cnccc1CCNC1CCN(c2ccc([N+](=O)[O-])nc2)CC1. The monoisotopic (exact) mass is 341 g/mol. The molecule has 1 aliphatic heterocycles. The predicted molar refractivity (Wildman–Crippen MR) is 96.8 cm³/mol. The summed E-state index contributed by atoms with van der Waals surface area (Å²) in [5, 5.41) is 14.3. The third-order valence-corrected chi connectivity index (χ3v) is 4.74. The van der Waals surface area contributed by atoms with Gasteiger partial charge >= 0.3 is 5.82 Å². The summed E-state index contributed by atoms with van der Waals surface area (Å²) in [6.45, 7) is 4.94. The molecule has 3 heterocycles. The van der Waals surface area contributed by atoms with Crippen molar-refractivity contribution in [3.05, 3.63) is 58.0 Å². The average Bonchev–Trinajstić information content (AvgIpc) is 2.64. The van der Waals surface area contributed by atoms with Crippen LogP contribution >= 0.6 is 0 Å². The molecule has 25 heavy (non-hydrogen) atoms. The smallest absolute Gasteiger partial charge is 0.363 e. The standard InChI is InChI=1S/C18H23N5O2/c1-14-12-19-8-4-15(14)5-9-20-16-6-10-22(11-7-16)17-2-3-18(21-13-17)23(24)25/h2-4,8,12-13,16,20H,5-7,9-11H2,1H3. The van der Waals surface area contributed by atoms with Gasteiger partial charge in [-0.1, -0.05) is 0 Å². The van der Waals surface area contributed by atoms with Gasteiger partial charge in [0.2, 0.25) is 0 Å². The first kappa shape index (κ1) is 17.3.